The Morgan fingerprint density at radius 2 is 1.91 bits per heavy atom. The van der Waals surface area contributed by atoms with E-state index in [1.54, 1.807) is 6.20 Å². The normalized spacial score (nSPS) is 13.9. The zero-order valence-corrected chi connectivity index (χ0v) is 14.0. The summed E-state index contributed by atoms with van der Waals surface area (Å²) in [4.78, 5) is 15.9. The maximum absolute atomic E-state index is 12.8. The number of nitrogens with two attached hydrogens (primary N) is 1. The summed E-state index contributed by atoms with van der Waals surface area (Å²) in [6, 6.07) is 15.7. The van der Waals surface area contributed by atoms with Crippen molar-refractivity contribution >= 4 is 28.3 Å². The van der Waals surface area contributed by atoms with Gasteiger partial charge in [-0.3, -0.25) is 4.79 Å². The number of fused-ring (bicyclic) bond motifs is 1. The van der Waals surface area contributed by atoms with Crippen LogP contribution in [0.25, 0.3) is 10.9 Å². The van der Waals surface area contributed by atoms with Gasteiger partial charge >= 0.3 is 0 Å². The molecule has 4 heteroatoms. The van der Waals surface area contributed by atoms with Crippen molar-refractivity contribution in [3.63, 3.8) is 0 Å². The van der Waals surface area contributed by atoms with E-state index in [-0.39, 0.29) is 17.9 Å². The zero-order chi connectivity index (χ0) is 16.4. The van der Waals surface area contributed by atoms with Crippen LogP contribution in [-0.4, -0.2) is 16.8 Å². The van der Waals surface area contributed by atoms with Crippen LogP contribution in [0, 0.1) is 0 Å². The number of aromatic nitrogens is 1. The number of ketones is 1. The van der Waals surface area contributed by atoms with Gasteiger partial charge in [-0.2, -0.15) is 0 Å². The van der Waals surface area contributed by atoms with E-state index in [1.165, 1.54) is 0 Å². The molecule has 3 N–H and O–H groups in total. The topological polar surface area (TPSA) is 49.5 Å². The summed E-state index contributed by atoms with van der Waals surface area (Å²) in [6.45, 7) is 4.04. The van der Waals surface area contributed by atoms with Crippen molar-refractivity contribution in [2.45, 2.75) is 25.9 Å². The maximum atomic E-state index is 12.8. The third-order valence-corrected chi connectivity index (χ3v) is 4.46. The Bertz CT molecular complexity index is 840. The predicted octanol–water partition coefficient (Wildman–Crippen LogP) is 3.72. The van der Waals surface area contributed by atoms with Crippen LogP contribution in [0.5, 0.6) is 0 Å². The number of carbonyl (C=O) groups excluding carboxylic acids is 1. The Morgan fingerprint density at radius 3 is 2.70 bits per heavy atom. The van der Waals surface area contributed by atoms with Gasteiger partial charge in [-0.15, -0.1) is 0 Å². The molecule has 1 aromatic heterocycles. The van der Waals surface area contributed by atoms with Gasteiger partial charge in [0.25, 0.3) is 0 Å². The lowest BCUT2D eigenvalue weighted by atomic mass is 10.0. The average Bonchev–Trinajstić information content (AvgIpc) is 2.98. The van der Waals surface area contributed by atoms with Crippen molar-refractivity contribution in [1.82, 2.24) is 4.98 Å². The first-order valence-corrected chi connectivity index (χ1v) is 8.15. The number of quaternary nitrogens is 1. The van der Waals surface area contributed by atoms with Crippen molar-refractivity contribution in [3.8, 4) is 0 Å². The second-order valence-corrected chi connectivity index (χ2v) is 6.37. The molecule has 0 aliphatic heterocycles. The molecule has 0 saturated carbocycles. The van der Waals surface area contributed by atoms with Crippen LogP contribution in [0.15, 0.2) is 54.7 Å². The third kappa shape index (κ3) is 3.31. The largest absolute Gasteiger partial charge is 0.360 e. The Hall–Kier alpha value is -2.10. The lowest BCUT2D eigenvalue weighted by molar-refractivity contribution is -0.709. The van der Waals surface area contributed by atoms with Crippen LogP contribution in [0.3, 0.4) is 0 Å². The van der Waals surface area contributed by atoms with Crippen LogP contribution in [0.4, 0.5) is 0 Å². The molecule has 0 spiro atoms. The van der Waals surface area contributed by atoms with Crippen molar-refractivity contribution in [2.24, 2.45) is 0 Å². The predicted molar refractivity (Wildman–Crippen MR) is 93.9 cm³/mol. The van der Waals surface area contributed by atoms with Crippen molar-refractivity contribution in [3.05, 3.63) is 70.9 Å². The second kappa shape index (κ2) is 6.57. The van der Waals surface area contributed by atoms with Gasteiger partial charge in [-0.25, -0.2) is 0 Å². The Kier molecular flexibility index (Phi) is 4.51. The summed E-state index contributed by atoms with van der Waals surface area (Å²) in [5.41, 5.74) is 2.87. The van der Waals surface area contributed by atoms with Crippen LogP contribution >= 0.6 is 11.6 Å². The van der Waals surface area contributed by atoms with E-state index in [2.05, 4.69) is 17.2 Å². The fourth-order valence-corrected chi connectivity index (χ4v) is 3.14. The van der Waals surface area contributed by atoms with Crippen molar-refractivity contribution in [1.29, 1.82) is 0 Å². The highest BCUT2D eigenvalue weighted by Crippen LogP contribution is 2.19. The van der Waals surface area contributed by atoms with E-state index >= 15 is 0 Å². The van der Waals surface area contributed by atoms with Crippen LogP contribution in [0.2, 0.25) is 5.02 Å². The highest BCUT2D eigenvalue weighted by molar-refractivity contribution is 6.30. The third-order valence-electron chi connectivity index (χ3n) is 4.22. The molecule has 3 aromatic rings. The fraction of sp³-hybridized carbons (Fsp3) is 0.211. The number of hydrogen-bond acceptors (Lipinski definition) is 1. The minimum Gasteiger partial charge on any atom is -0.360 e. The van der Waals surface area contributed by atoms with Crippen LogP contribution < -0.4 is 5.32 Å². The highest BCUT2D eigenvalue weighted by Gasteiger charge is 2.23. The monoisotopic (exact) mass is 327 g/mol. The summed E-state index contributed by atoms with van der Waals surface area (Å²) < 4.78 is 0. The molecular weight excluding hydrogens is 308 g/mol. The second-order valence-electron chi connectivity index (χ2n) is 5.94. The van der Waals surface area contributed by atoms with E-state index in [0.29, 0.717) is 0 Å². The molecule has 1 heterocycles. The molecule has 2 atom stereocenters. The number of carbonyl (C=O) groups is 1. The number of nitrogens with one attached hydrogen (secondary N) is 1. The molecule has 0 aliphatic rings. The number of para-hydroxylation sites is 1. The number of Topliss-reactive ketones (excluding diaryl/α,β-unsaturated/α-hetero) is 1. The standard InChI is InChI=1S/C19H19ClN2O/c1-12(14-6-5-7-15(20)10-14)22-13(2)19(23)17-11-21-18-9-4-3-8-16(17)18/h3-13,21-22H,1-2H3/p+1/t12-,13-/m1/s1. The molecular formula is C19H20ClN2O+. The van der Waals surface area contributed by atoms with E-state index in [1.807, 2.05) is 55.5 Å². The first-order chi connectivity index (χ1) is 11.1. The van der Waals surface area contributed by atoms with Crippen molar-refractivity contribution < 1.29 is 10.1 Å². The Balaban J connectivity index is 1.77. The molecule has 23 heavy (non-hydrogen) atoms. The summed E-state index contributed by atoms with van der Waals surface area (Å²) in [5, 5.41) is 3.78. The lowest BCUT2D eigenvalue weighted by Crippen LogP contribution is -2.91. The van der Waals surface area contributed by atoms with Gasteiger partial charge in [-0.05, 0) is 32.0 Å². The summed E-state index contributed by atoms with van der Waals surface area (Å²) >= 11 is 6.05. The van der Waals surface area contributed by atoms with Gasteiger partial charge in [0.15, 0.2) is 0 Å². The Morgan fingerprint density at radius 1 is 1.13 bits per heavy atom. The van der Waals surface area contributed by atoms with Gasteiger partial charge in [0.2, 0.25) is 5.78 Å². The van der Waals surface area contributed by atoms with Crippen LogP contribution in [0.1, 0.15) is 35.8 Å². The van der Waals surface area contributed by atoms with Gasteiger partial charge in [0.1, 0.15) is 12.1 Å². The number of hydrogen-bond donors (Lipinski definition) is 2. The number of benzene rings is 2. The zero-order valence-electron chi connectivity index (χ0n) is 13.2. The summed E-state index contributed by atoms with van der Waals surface area (Å²) in [5.74, 6) is 0.135. The minimum atomic E-state index is -0.164. The van der Waals surface area contributed by atoms with Gasteiger partial charge < -0.3 is 10.3 Å². The van der Waals surface area contributed by atoms with Gasteiger partial charge in [-0.1, -0.05) is 41.9 Å². The number of H-pyrrole nitrogens is 1. The fourth-order valence-electron chi connectivity index (χ4n) is 2.94. The first-order valence-electron chi connectivity index (χ1n) is 7.77. The quantitative estimate of drug-likeness (QED) is 0.689. The average molecular weight is 328 g/mol. The van der Waals surface area contributed by atoms with Crippen molar-refractivity contribution in [2.75, 3.05) is 0 Å². The number of halogens is 1. The molecule has 0 aliphatic carbocycles. The van der Waals surface area contributed by atoms with Gasteiger partial charge in [0, 0.05) is 33.2 Å². The highest BCUT2D eigenvalue weighted by atomic mass is 35.5. The van der Waals surface area contributed by atoms with E-state index in [9.17, 15) is 4.79 Å². The SMILES string of the molecule is C[C@@H]([NH2+][C@H](C)c1cccc(Cl)c1)C(=O)c1c[nH]c2ccccc12. The first kappa shape index (κ1) is 15.8. The summed E-state index contributed by atoms with van der Waals surface area (Å²) in [6.07, 6.45) is 1.81. The number of rotatable bonds is 5. The molecule has 0 saturated heterocycles. The smallest absolute Gasteiger partial charge is 0.221 e. The van der Waals surface area contributed by atoms with Crippen LogP contribution in [-0.2, 0) is 0 Å². The molecule has 0 bridgehead atoms. The molecule has 0 fully saturated rings. The van der Waals surface area contributed by atoms with E-state index < -0.39 is 0 Å². The van der Waals surface area contributed by atoms with Gasteiger partial charge in [0.05, 0.1) is 0 Å². The molecule has 118 valence electrons. The molecule has 0 amide bonds. The molecule has 3 nitrogen and oxygen atoms in total. The number of aromatic amines is 1. The van der Waals surface area contributed by atoms with E-state index in [0.717, 1.165) is 27.1 Å². The molecule has 3 rings (SSSR count). The van der Waals surface area contributed by atoms with E-state index in [4.69, 9.17) is 11.6 Å². The maximum Gasteiger partial charge on any atom is 0.221 e. The molecule has 0 unspecified atom stereocenters. The lowest BCUT2D eigenvalue weighted by Gasteiger charge is -2.16. The minimum absolute atomic E-state index is 0.135. The molecule has 2 aromatic carbocycles. The molecule has 0 radical (unpaired) electrons. The summed E-state index contributed by atoms with van der Waals surface area (Å²) in [7, 11) is 0. The Labute approximate surface area is 140 Å².